The summed E-state index contributed by atoms with van der Waals surface area (Å²) in [6, 6.07) is 9.70. The van der Waals surface area contributed by atoms with Crippen molar-refractivity contribution < 1.29 is 0 Å². The largest absolute Gasteiger partial charge is 0.0654 e. The lowest BCUT2D eigenvalue weighted by Crippen LogP contribution is -2.29. The monoisotopic (exact) mass is 354 g/mol. The lowest BCUT2D eigenvalue weighted by molar-refractivity contribution is 0.130. The maximum absolute atomic E-state index is 2.53. The molecular weight excluding hydrogens is 312 g/mol. The van der Waals surface area contributed by atoms with Crippen LogP contribution in [0, 0.1) is 23.7 Å². The summed E-state index contributed by atoms with van der Waals surface area (Å²) in [5, 5.41) is 0. The summed E-state index contributed by atoms with van der Waals surface area (Å²) in [7, 11) is 0. The molecule has 26 heavy (non-hydrogen) atoms. The minimum absolute atomic E-state index is 0.808. The molecule has 0 heteroatoms. The van der Waals surface area contributed by atoms with Crippen LogP contribution in [0.3, 0.4) is 0 Å². The Bertz CT molecular complexity index is 505. The molecule has 0 N–H and O–H groups in total. The maximum atomic E-state index is 2.53. The molecule has 0 aromatic heterocycles. The van der Waals surface area contributed by atoms with Crippen molar-refractivity contribution >= 4 is 0 Å². The summed E-state index contributed by atoms with van der Waals surface area (Å²) in [6.45, 7) is 7.17. The third kappa shape index (κ3) is 5.14. The summed E-state index contributed by atoms with van der Waals surface area (Å²) >= 11 is 0. The van der Waals surface area contributed by atoms with E-state index in [0.29, 0.717) is 0 Å². The average molecular weight is 355 g/mol. The van der Waals surface area contributed by atoms with Crippen LogP contribution in [-0.4, -0.2) is 0 Å². The van der Waals surface area contributed by atoms with Gasteiger partial charge in [-0.2, -0.15) is 0 Å². The third-order valence-corrected chi connectivity index (χ3v) is 7.69. The average Bonchev–Trinajstić information content (AvgIpc) is 2.68. The molecule has 2 fully saturated rings. The van der Waals surface area contributed by atoms with Crippen molar-refractivity contribution in [2.45, 2.75) is 104 Å². The normalized spacial score (nSPS) is 32.5. The minimum atomic E-state index is 0.808. The van der Waals surface area contributed by atoms with Gasteiger partial charge in [-0.15, -0.1) is 0 Å². The number of aryl methyl sites for hydroxylation is 1. The molecule has 0 spiro atoms. The molecule has 1 unspecified atom stereocenters. The van der Waals surface area contributed by atoms with Crippen LogP contribution < -0.4 is 0 Å². The first-order chi connectivity index (χ1) is 12.7. The van der Waals surface area contributed by atoms with Crippen LogP contribution in [0.5, 0.6) is 0 Å². The first-order valence-electron chi connectivity index (χ1n) is 11.8. The summed E-state index contributed by atoms with van der Waals surface area (Å²) in [4.78, 5) is 0. The molecule has 3 atom stereocenters. The number of hydrogen-bond donors (Lipinski definition) is 0. The highest BCUT2D eigenvalue weighted by atomic mass is 14.4. The summed E-state index contributed by atoms with van der Waals surface area (Å²) in [5.74, 6) is 4.79. The molecule has 0 bridgehead atoms. The van der Waals surface area contributed by atoms with E-state index in [0.717, 1.165) is 29.6 Å². The van der Waals surface area contributed by atoms with Crippen LogP contribution in [0.2, 0.25) is 0 Å². The van der Waals surface area contributed by atoms with Gasteiger partial charge in [0.25, 0.3) is 0 Å². The molecule has 2 saturated carbocycles. The predicted molar refractivity (Wildman–Crippen MR) is 115 cm³/mol. The molecule has 0 nitrogen and oxygen atoms in total. The van der Waals surface area contributed by atoms with Gasteiger partial charge in [-0.25, -0.2) is 0 Å². The Morgan fingerprint density at radius 1 is 0.808 bits per heavy atom. The van der Waals surface area contributed by atoms with Crippen LogP contribution in [0.25, 0.3) is 0 Å². The van der Waals surface area contributed by atoms with E-state index in [1.54, 1.807) is 5.56 Å². The van der Waals surface area contributed by atoms with Gasteiger partial charge in [-0.3, -0.25) is 0 Å². The van der Waals surface area contributed by atoms with Gasteiger partial charge >= 0.3 is 0 Å². The van der Waals surface area contributed by atoms with E-state index in [-0.39, 0.29) is 0 Å². The number of benzene rings is 1. The second kappa shape index (κ2) is 9.95. The fraction of sp³-hybridized carbons (Fsp3) is 0.769. The minimum Gasteiger partial charge on any atom is -0.0654 e. The van der Waals surface area contributed by atoms with Crippen molar-refractivity contribution in [1.29, 1.82) is 0 Å². The molecule has 0 amide bonds. The molecule has 0 aliphatic heterocycles. The first-order valence-corrected chi connectivity index (χ1v) is 11.8. The van der Waals surface area contributed by atoms with Crippen LogP contribution >= 0.6 is 0 Å². The zero-order chi connectivity index (χ0) is 18.4. The van der Waals surface area contributed by atoms with E-state index in [2.05, 4.69) is 45.0 Å². The number of hydrogen-bond acceptors (Lipinski definition) is 0. The topological polar surface area (TPSA) is 0 Å². The zero-order valence-electron chi connectivity index (χ0n) is 17.7. The van der Waals surface area contributed by atoms with Crippen molar-refractivity contribution in [3.05, 3.63) is 35.4 Å². The van der Waals surface area contributed by atoms with Gasteiger partial charge in [0.2, 0.25) is 0 Å². The van der Waals surface area contributed by atoms with Crippen molar-refractivity contribution in [2.75, 3.05) is 0 Å². The quantitative estimate of drug-likeness (QED) is 0.463. The van der Waals surface area contributed by atoms with E-state index in [1.165, 1.54) is 82.6 Å². The SMILES string of the molecule is CCCCc1ccc([C@@H]2CCC(C3CCC(CCC)CC3)C[C@H]2C)cc1. The third-order valence-electron chi connectivity index (χ3n) is 7.69. The van der Waals surface area contributed by atoms with Crippen molar-refractivity contribution in [3.8, 4) is 0 Å². The second-order valence-electron chi connectivity index (χ2n) is 9.57. The Morgan fingerprint density at radius 2 is 1.50 bits per heavy atom. The van der Waals surface area contributed by atoms with Crippen LogP contribution in [0.4, 0.5) is 0 Å². The fourth-order valence-electron chi connectivity index (χ4n) is 6.03. The van der Waals surface area contributed by atoms with Gasteiger partial charge in [0, 0.05) is 0 Å². The smallest absolute Gasteiger partial charge is 0.0136 e. The van der Waals surface area contributed by atoms with Crippen molar-refractivity contribution in [2.24, 2.45) is 23.7 Å². The highest BCUT2D eigenvalue weighted by Gasteiger charge is 2.34. The fourth-order valence-corrected chi connectivity index (χ4v) is 6.03. The molecule has 3 rings (SSSR count). The molecule has 1 aromatic carbocycles. The van der Waals surface area contributed by atoms with Gasteiger partial charge < -0.3 is 0 Å². The number of unbranched alkanes of at least 4 members (excludes halogenated alkanes) is 1. The molecule has 0 radical (unpaired) electrons. The second-order valence-corrected chi connectivity index (χ2v) is 9.57. The Hall–Kier alpha value is -0.780. The lowest BCUT2D eigenvalue weighted by Gasteiger charge is -2.41. The Kier molecular flexibility index (Phi) is 7.64. The molecule has 2 aliphatic carbocycles. The van der Waals surface area contributed by atoms with Gasteiger partial charge in [0.1, 0.15) is 0 Å². The summed E-state index contributed by atoms with van der Waals surface area (Å²) in [6.07, 6.45) is 17.2. The Morgan fingerprint density at radius 3 is 2.12 bits per heavy atom. The van der Waals surface area contributed by atoms with Crippen LogP contribution in [0.1, 0.15) is 108 Å². The Labute approximate surface area is 163 Å². The van der Waals surface area contributed by atoms with E-state index < -0.39 is 0 Å². The highest BCUT2D eigenvalue weighted by molar-refractivity contribution is 5.26. The molecule has 1 aromatic rings. The zero-order valence-corrected chi connectivity index (χ0v) is 17.7. The van der Waals surface area contributed by atoms with Gasteiger partial charge in [-0.1, -0.05) is 77.1 Å². The molecular formula is C26H42. The summed E-state index contributed by atoms with van der Waals surface area (Å²) in [5.41, 5.74) is 3.14. The standard InChI is InChI=1S/C26H42/c1-4-6-8-22-11-15-24(16-12-22)26-18-17-25(19-20(26)3)23-13-9-21(7-5-2)10-14-23/h11-12,15-16,20-21,23,25-26H,4-10,13-14,17-19H2,1-3H3/t20-,21?,23?,25?,26-/m1/s1. The van der Waals surface area contributed by atoms with Crippen molar-refractivity contribution in [1.82, 2.24) is 0 Å². The van der Waals surface area contributed by atoms with E-state index in [4.69, 9.17) is 0 Å². The van der Waals surface area contributed by atoms with E-state index >= 15 is 0 Å². The van der Waals surface area contributed by atoms with Crippen LogP contribution in [0.15, 0.2) is 24.3 Å². The summed E-state index contributed by atoms with van der Waals surface area (Å²) < 4.78 is 0. The Balaban J connectivity index is 1.50. The molecule has 146 valence electrons. The predicted octanol–water partition coefficient (Wildman–Crippen LogP) is 8.16. The first kappa shape index (κ1) is 20.0. The van der Waals surface area contributed by atoms with Crippen LogP contribution in [-0.2, 0) is 6.42 Å². The number of rotatable bonds is 7. The maximum Gasteiger partial charge on any atom is -0.0136 e. The van der Waals surface area contributed by atoms with Gasteiger partial charge in [0.15, 0.2) is 0 Å². The molecule has 0 heterocycles. The molecule has 2 aliphatic rings. The van der Waals surface area contributed by atoms with Crippen molar-refractivity contribution in [3.63, 3.8) is 0 Å². The van der Waals surface area contributed by atoms with Gasteiger partial charge in [0.05, 0.1) is 0 Å². The lowest BCUT2D eigenvalue weighted by atomic mass is 9.65. The highest BCUT2D eigenvalue weighted by Crippen LogP contribution is 2.46. The molecule has 0 saturated heterocycles. The van der Waals surface area contributed by atoms with E-state index in [1.807, 2.05) is 0 Å². The van der Waals surface area contributed by atoms with Gasteiger partial charge in [-0.05, 0) is 85.7 Å². The van der Waals surface area contributed by atoms with E-state index in [9.17, 15) is 0 Å².